The Hall–Kier alpha value is -3.86. The van der Waals surface area contributed by atoms with Crippen LogP contribution in [0.1, 0.15) is 36.6 Å². The quantitative estimate of drug-likeness (QED) is 0.450. The summed E-state index contributed by atoms with van der Waals surface area (Å²) in [5, 5.41) is 11.5. The van der Waals surface area contributed by atoms with Gasteiger partial charge in [-0.1, -0.05) is 12.1 Å². The van der Waals surface area contributed by atoms with Gasteiger partial charge in [-0.25, -0.2) is 9.97 Å². The highest BCUT2D eigenvalue weighted by Gasteiger charge is 2.36. The lowest BCUT2D eigenvalue weighted by atomic mass is 9.96. The summed E-state index contributed by atoms with van der Waals surface area (Å²) in [5.74, 6) is 0.718. The van der Waals surface area contributed by atoms with E-state index in [0.29, 0.717) is 28.5 Å². The van der Waals surface area contributed by atoms with Gasteiger partial charge in [0.25, 0.3) is 0 Å². The molecule has 1 aliphatic rings. The number of nitriles is 1. The summed E-state index contributed by atoms with van der Waals surface area (Å²) in [5.41, 5.74) is 23.4. The zero-order valence-electron chi connectivity index (χ0n) is 18.0. The summed E-state index contributed by atoms with van der Waals surface area (Å²) < 4.78 is 2.03. The minimum absolute atomic E-state index is 0.0276. The van der Waals surface area contributed by atoms with Crippen molar-refractivity contribution in [2.75, 3.05) is 17.2 Å². The summed E-state index contributed by atoms with van der Waals surface area (Å²) >= 11 is 0. The molecule has 3 atom stereocenters. The zero-order chi connectivity index (χ0) is 22.4. The van der Waals surface area contributed by atoms with Crippen molar-refractivity contribution in [3.05, 3.63) is 48.0 Å². The normalized spacial score (nSPS) is 20.7. The predicted octanol–water partition coefficient (Wildman–Crippen LogP) is 3.76. The zero-order valence-corrected chi connectivity index (χ0v) is 18.0. The molecule has 0 aliphatic heterocycles. The van der Waals surface area contributed by atoms with E-state index in [1.165, 1.54) is 11.9 Å². The van der Waals surface area contributed by atoms with Crippen LogP contribution in [-0.2, 0) is 6.42 Å². The molecule has 32 heavy (non-hydrogen) atoms. The summed E-state index contributed by atoms with van der Waals surface area (Å²) in [7, 11) is 0. The summed E-state index contributed by atoms with van der Waals surface area (Å²) in [6.45, 7) is 1.96. The Balaban J connectivity index is 1.36. The van der Waals surface area contributed by atoms with Gasteiger partial charge in [0.2, 0.25) is 0 Å². The minimum atomic E-state index is -0.0908. The molecule has 5 rings (SSSR count). The number of aryl methyl sites for hydroxylation is 2. The largest absolute Gasteiger partial charge is 0.398 e. The summed E-state index contributed by atoms with van der Waals surface area (Å²) in [6, 6.07) is 10.8. The molecular formula is C24H26N8. The Bertz CT molecular complexity index is 1370. The third-order valence-electron chi connectivity index (χ3n) is 6.69. The lowest BCUT2D eigenvalue weighted by Crippen LogP contribution is -2.12. The average Bonchev–Trinajstić information content (AvgIpc) is 3.33. The highest BCUT2D eigenvalue weighted by molar-refractivity contribution is 5.97. The minimum Gasteiger partial charge on any atom is -0.398 e. The number of fused-ring (bicyclic) bond motifs is 2. The van der Waals surface area contributed by atoms with Gasteiger partial charge in [0, 0.05) is 23.0 Å². The smallest absolute Gasteiger partial charge is 0.147 e. The van der Waals surface area contributed by atoms with E-state index in [0.717, 1.165) is 48.0 Å². The standard InChI is InChI=1S/C24H26N8/c1-13-6-18(26)17-5-4-14(8-20(17)31-13)2-3-15-7-16(10-25)21(9-15)32-11-19(27)22-23(28)29-12-30-24(22)32/h4-6,8,11-12,15-16,21H,2-3,7,9,27H2,1H3,(H2,26,31)(H2,28,29,30)/t15?,16-,21?/m0/s1. The fraction of sp³-hybridized carbons (Fsp3) is 0.333. The second-order valence-corrected chi connectivity index (χ2v) is 8.83. The second kappa shape index (κ2) is 7.68. The van der Waals surface area contributed by atoms with Gasteiger partial charge in [-0.05, 0) is 56.2 Å². The van der Waals surface area contributed by atoms with E-state index in [9.17, 15) is 5.26 Å². The van der Waals surface area contributed by atoms with Crippen LogP contribution < -0.4 is 17.2 Å². The van der Waals surface area contributed by atoms with Crippen molar-refractivity contribution >= 4 is 39.1 Å². The molecule has 162 valence electrons. The molecule has 6 N–H and O–H groups in total. The van der Waals surface area contributed by atoms with Crippen molar-refractivity contribution in [2.24, 2.45) is 11.8 Å². The first-order chi connectivity index (χ1) is 15.4. The fourth-order valence-corrected chi connectivity index (χ4v) is 5.16. The number of nitrogen functional groups attached to an aromatic ring is 3. The molecule has 0 saturated heterocycles. The number of hydrogen-bond acceptors (Lipinski definition) is 7. The van der Waals surface area contributed by atoms with E-state index < -0.39 is 0 Å². The second-order valence-electron chi connectivity index (χ2n) is 8.83. The van der Waals surface area contributed by atoms with Crippen LogP contribution in [0.2, 0.25) is 0 Å². The Labute approximate surface area is 186 Å². The lowest BCUT2D eigenvalue weighted by molar-refractivity contribution is 0.446. The first kappa shape index (κ1) is 20.1. The van der Waals surface area contributed by atoms with Gasteiger partial charge in [-0.3, -0.25) is 4.98 Å². The first-order valence-corrected chi connectivity index (χ1v) is 10.9. The van der Waals surface area contributed by atoms with Crippen LogP contribution in [0.3, 0.4) is 0 Å². The van der Waals surface area contributed by atoms with Gasteiger partial charge in [-0.15, -0.1) is 0 Å². The van der Waals surface area contributed by atoms with E-state index >= 15 is 0 Å². The number of nitrogens with two attached hydrogens (primary N) is 3. The van der Waals surface area contributed by atoms with Gasteiger partial charge in [0.15, 0.2) is 0 Å². The molecule has 1 aromatic carbocycles. The maximum atomic E-state index is 9.83. The van der Waals surface area contributed by atoms with Crippen LogP contribution in [0.15, 0.2) is 36.8 Å². The van der Waals surface area contributed by atoms with Crippen LogP contribution in [0.25, 0.3) is 21.9 Å². The van der Waals surface area contributed by atoms with Crippen LogP contribution in [0.4, 0.5) is 17.2 Å². The fourth-order valence-electron chi connectivity index (χ4n) is 5.16. The SMILES string of the molecule is Cc1cc(N)c2ccc(CCC3CC(n4cc(N)c5c(N)ncnc54)[C@H](C#N)C3)cc2n1. The van der Waals surface area contributed by atoms with Crippen molar-refractivity contribution in [2.45, 2.75) is 38.6 Å². The highest BCUT2D eigenvalue weighted by atomic mass is 15.1. The van der Waals surface area contributed by atoms with Crippen LogP contribution in [0.5, 0.6) is 0 Å². The first-order valence-electron chi connectivity index (χ1n) is 10.9. The third kappa shape index (κ3) is 3.36. The Morgan fingerprint density at radius 3 is 2.78 bits per heavy atom. The van der Waals surface area contributed by atoms with E-state index in [1.54, 1.807) is 0 Å². The third-order valence-corrected chi connectivity index (χ3v) is 6.69. The molecule has 8 heteroatoms. The van der Waals surface area contributed by atoms with Crippen molar-refractivity contribution in [1.29, 1.82) is 5.26 Å². The van der Waals surface area contributed by atoms with Crippen LogP contribution in [-0.4, -0.2) is 19.5 Å². The number of aromatic nitrogens is 4. The monoisotopic (exact) mass is 426 g/mol. The molecule has 3 aromatic heterocycles. The molecule has 4 aromatic rings. The van der Waals surface area contributed by atoms with Gasteiger partial charge >= 0.3 is 0 Å². The van der Waals surface area contributed by atoms with Crippen molar-refractivity contribution in [3.63, 3.8) is 0 Å². The topological polar surface area (TPSA) is 145 Å². The predicted molar refractivity (Wildman–Crippen MR) is 126 cm³/mol. The van der Waals surface area contributed by atoms with Crippen LogP contribution >= 0.6 is 0 Å². The Morgan fingerprint density at radius 2 is 1.97 bits per heavy atom. The molecule has 0 spiro atoms. The maximum Gasteiger partial charge on any atom is 0.147 e. The molecule has 2 unspecified atom stereocenters. The number of hydrogen-bond donors (Lipinski definition) is 3. The van der Waals surface area contributed by atoms with Crippen molar-refractivity contribution < 1.29 is 0 Å². The Morgan fingerprint density at radius 1 is 1.12 bits per heavy atom. The van der Waals surface area contributed by atoms with Crippen molar-refractivity contribution in [1.82, 2.24) is 19.5 Å². The van der Waals surface area contributed by atoms with E-state index in [1.807, 2.05) is 23.8 Å². The summed E-state index contributed by atoms with van der Waals surface area (Å²) in [4.78, 5) is 13.1. The molecule has 1 aliphatic carbocycles. The van der Waals surface area contributed by atoms with Gasteiger partial charge in [-0.2, -0.15) is 5.26 Å². The van der Waals surface area contributed by atoms with E-state index in [4.69, 9.17) is 17.2 Å². The van der Waals surface area contributed by atoms with E-state index in [2.05, 4.69) is 39.2 Å². The molecule has 1 fully saturated rings. The molecular weight excluding hydrogens is 400 g/mol. The average molecular weight is 427 g/mol. The molecule has 0 amide bonds. The summed E-state index contributed by atoms with van der Waals surface area (Å²) in [6.07, 6.45) is 7.01. The van der Waals surface area contributed by atoms with Gasteiger partial charge < -0.3 is 21.8 Å². The lowest BCUT2D eigenvalue weighted by Gasteiger charge is -2.16. The highest BCUT2D eigenvalue weighted by Crippen LogP contribution is 2.44. The molecule has 1 saturated carbocycles. The van der Waals surface area contributed by atoms with Gasteiger partial charge in [0.05, 0.1) is 34.6 Å². The van der Waals surface area contributed by atoms with E-state index in [-0.39, 0.29) is 12.0 Å². The van der Waals surface area contributed by atoms with Crippen LogP contribution in [0, 0.1) is 30.1 Å². The van der Waals surface area contributed by atoms with Crippen molar-refractivity contribution in [3.8, 4) is 6.07 Å². The molecule has 3 heterocycles. The number of pyridine rings is 1. The molecule has 8 nitrogen and oxygen atoms in total. The number of anilines is 3. The maximum absolute atomic E-state index is 9.83. The number of benzene rings is 1. The Kier molecular flexibility index (Phi) is 4.82. The van der Waals surface area contributed by atoms with Gasteiger partial charge in [0.1, 0.15) is 17.8 Å². The molecule has 0 bridgehead atoms. The molecule has 0 radical (unpaired) electrons. The number of rotatable bonds is 4. The number of nitrogens with zero attached hydrogens (tertiary/aromatic N) is 5.